The molecule has 2 nitrogen and oxygen atoms in total. The van der Waals surface area contributed by atoms with Crippen molar-refractivity contribution in [3.05, 3.63) is 23.5 Å². The van der Waals surface area contributed by atoms with Crippen LogP contribution in [0.15, 0.2) is 12.3 Å². The summed E-state index contributed by atoms with van der Waals surface area (Å²) in [5.74, 6) is 0. The number of nitrogens with one attached hydrogen (secondary N) is 1. The third kappa shape index (κ3) is 1.07. The topological polar surface area (TPSA) is 19.0 Å². The third-order valence-electron chi connectivity index (χ3n) is 2.39. The molecule has 2 heteroatoms. The van der Waals surface area contributed by atoms with Crippen LogP contribution in [0.5, 0.6) is 0 Å². The standard InChI is InChI=1S/C9H14N2/c1-7(2)11-5-8-3-4-10-9(8)6-11/h3-4,7,10H,5-6H2,1-2H3. The van der Waals surface area contributed by atoms with E-state index < -0.39 is 0 Å². The Kier molecular flexibility index (Phi) is 1.50. The Morgan fingerprint density at radius 3 is 2.91 bits per heavy atom. The molecule has 2 heterocycles. The Labute approximate surface area is 67.2 Å². The van der Waals surface area contributed by atoms with Gasteiger partial charge in [0.2, 0.25) is 0 Å². The Bertz CT molecular complexity index is 229. The first-order valence-corrected chi connectivity index (χ1v) is 4.16. The lowest BCUT2D eigenvalue weighted by Crippen LogP contribution is -2.24. The van der Waals surface area contributed by atoms with Gasteiger partial charge in [-0.1, -0.05) is 0 Å². The van der Waals surface area contributed by atoms with Crippen LogP contribution in [0.25, 0.3) is 0 Å². The number of hydrogen-bond donors (Lipinski definition) is 1. The Balaban J connectivity index is 2.16. The quantitative estimate of drug-likeness (QED) is 0.646. The van der Waals surface area contributed by atoms with Crippen LogP contribution in [0.3, 0.4) is 0 Å². The smallest absolute Gasteiger partial charge is 0.0394 e. The molecule has 0 radical (unpaired) electrons. The van der Waals surface area contributed by atoms with Gasteiger partial charge in [-0.25, -0.2) is 0 Å². The van der Waals surface area contributed by atoms with E-state index in [4.69, 9.17) is 0 Å². The molecular weight excluding hydrogens is 136 g/mol. The van der Waals surface area contributed by atoms with E-state index in [2.05, 4.69) is 29.8 Å². The van der Waals surface area contributed by atoms with E-state index in [1.807, 2.05) is 6.20 Å². The van der Waals surface area contributed by atoms with Gasteiger partial charge in [-0.05, 0) is 25.5 Å². The van der Waals surface area contributed by atoms with Crippen LogP contribution in [-0.4, -0.2) is 15.9 Å². The number of fused-ring (bicyclic) bond motifs is 1. The fourth-order valence-corrected chi connectivity index (χ4v) is 1.57. The van der Waals surface area contributed by atoms with Gasteiger partial charge in [0.1, 0.15) is 0 Å². The van der Waals surface area contributed by atoms with E-state index >= 15 is 0 Å². The second-order valence-electron chi connectivity index (χ2n) is 3.48. The van der Waals surface area contributed by atoms with Crippen molar-refractivity contribution in [1.29, 1.82) is 0 Å². The first-order valence-electron chi connectivity index (χ1n) is 4.16. The summed E-state index contributed by atoms with van der Waals surface area (Å²) in [6.07, 6.45) is 2.03. The van der Waals surface area contributed by atoms with Crippen LogP contribution < -0.4 is 0 Å². The zero-order valence-electron chi connectivity index (χ0n) is 7.09. The molecule has 0 aromatic carbocycles. The number of aromatic nitrogens is 1. The van der Waals surface area contributed by atoms with Gasteiger partial charge in [-0.3, -0.25) is 4.90 Å². The van der Waals surface area contributed by atoms with Crippen molar-refractivity contribution in [2.45, 2.75) is 33.0 Å². The molecule has 0 fully saturated rings. The summed E-state index contributed by atoms with van der Waals surface area (Å²) >= 11 is 0. The summed E-state index contributed by atoms with van der Waals surface area (Å²) in [6.45, 7) is 6.70. The van der Waals surface area contributed by atoms with E-state index in [0.717, 1.165) is 13.1 Å². The van der Waals surface area contributed by atoms with Gasteiger partial charge in [0.05, 0.1) is 0 Å². The minimum absolute atomic E-state index is 0.663. The molecule has 1 aromatic rings. The third-order valence-corrected chi connectivity index (χ3v) is 2.39. The van der Waals surface area contributed by atoms with Gasteiger partial charge >= 0.3 is 0 Å². The minimum Gasteiger partial charge on any atom is -0.364 e. The molecule has 0 unspecified atom stereocenters. The molecule has 0 atom stereocenters. The molecule has 0 aliphatic carbocycles. The van der Waals surface area contributed by atoms with Crippen LogP contribution >= 0.6 is 0 Å². The maximum absolute atomic E-state index is 3.26. The van der Waals surface area contributed by atoms with E-state index in [9.17, 15) is 0 Å². The summed E-state index contributed by atoms with van der Waals surface area (Å²) < 4.78 is 0. The van der Waals surface area contributed by atoms with Gasteiger partial charge < -0.3 is 4.98 Å². The highest BCUT2D eigenvalue weighted by Crippen LogP contribution is 2.22. The van der Waals surface area contributed by atoms with Crippen LogP contribution in [-0.2, 0) is 13.1 Å². The largest absolute Gasteiger partial charge is 0.364 e. The molecule has 1 N–H and O–H groups in total. The predicted molar refractivity (Wildman–Crippen MR) is 45.2 cm³/mol. The molecule has 1 aliphatic rings. The molecule has 1 aliphatic heterocycles. The number of hydrogen-bond acceptors (Lipinski definition) is 1. The highest BCUT2D eigenvalue weighted by atomic mass is 15.2. The van der Waals surface area contributed by atoms with E-state index in [1.165, 1.54) is 11.3 Å². The summed E-state index contributed by atoms with van der Waals surface area (Å²) in [7, 11) is 0. The Morgan fingerprint density at radius 2 is 2.27 bits per heavy atom. The zero-order chi connectivity index (χ0) is 7.84. The van der Waals surface area contributed by atoms with Crippen molar-refractivity contribution in [2.75, 3.05) is 0 Å². The first-order chi connectivity index (χ1) is 5.27. The van der Waals surface area contributed by atoms with Crippen LogP contribution in [0, 0.1) is 0 Å². The predicted octanol–water partition coefficient (Wildman–Crippen LogP) is 1.74. The molecule has 1 aromatic heterocycles. The summed E-state index contributed by atoms with van der Waals surface area (Å²) in [5.41, 5.74) is 2.87. The zero-order valence-corrected chi connectivity index (χ0v) is 7.09. The maximum Gasteiger partial charge on any atom is 0.0394 e. The van der Waals surface area contributed by atoms with Gasteiger partial charge in [0.25, 0.3) is 0 Å². The molecular formula is C9H14N2. The van der Waals surface area contributed by atoms with Crippen molar-refractivity contribution >= 4 is 0 Å². The lowest BCUT2D eigenvalue weighted by atomic mass is 10.3. The Hall–Kier alpha value is -0.760. The van der Waals surface area contributed by atoms with E-state index in [0.29, 0.717) is 6.04 Å². The second kappa shape index (κ2) is 2.38. The minimum atomic E-state index is 0.663. The molecule has 0 bridgehead atoms. The molecule has 60 valence electrons. The number of nitrogens with zero attached hydrogens (tertiary/aromatic N) is 1. The average molecular weight is 150 g/mol. The first kappa shape index (κ1) is 6.92. The number of aromatic amines is 1. The molecule has 0 saturated heterocycles. The lowest BCUT2D eigenvalue weighted by molar-refractivity contribution is 0.225. The molecule has 11 heavy (non-hydrogen) atoms. The maximum atomic E-state index is 3.26. The summed E-state index contributed by atoms with van der Waals surface area (Å²) in [5, 5.41) is 0. The van der Waals surface area contributed by atoms with Crippen molar-refractivity contribution in [3.63, 3.8) is 0 Å². The number of H-pyrrole nitrogens is 1. The monoisotopic (exact) mass is 150 g/mol. The Morgan fingerprint density at radius 1 is 1.45 bits per heavy atom. The lowest BCUT2D eigenvalue weighted by Gasteiger charge is -2.18. The summed E-state index contributed by atoms with van der Waals surface area (Å²) in [6, 6.07) is 2.84. The van der Waals surface area contributed by atoms with Gasteiger partial charge in [0, 0.05) is 31.0 Å². The van der Waals surface area contributed by atoms with E-state index in [-0.39, 0.29) is 0 Å². The van der Waals surface area contributed by atoms with Gasteiger partial charge in [-0.15, -0.1) is 0 Å². The van der Waals surface area contributed by atoms with Crippen molar-refractivity contribution in [1.82, 2.24) is 9.88 Å². The normalized spacial score (nSPS) is 17.7. The highest BCUT2D eigenvalue weighted by Gasteiger charge is 2.20. The van der Waals surface area contributed by atoms with Crippen molar-refractivity contribution < 1.29 is 0 Å². The molecule has 0 saturated carbocycles. The summed E-state index contributed by atoms with van der Waals surface area (Å²) in [4.78, 5) is 5.72. The van der Waals surface area contributed by atoms with Crippen LogP contribution in [0.1, 0.15) is 25.1 Å². The SMILES string of the molecule is CC(C)N1Cc2cc[nH]c2C1. The van der Waals surface area contributed by atoms with Crippen LogP contribution in [0.2, 0.25) is 0 Å². The van der Waals surface area contributed by atoms with Crippen LogP contribution in [0.4, 0.5) is 0 Å². The van der Waals surface area contributed by atoms with E-state index in [1.54, 1.807) is 0 Å². The van der Waals surface area contributed by atoms with Crippen molar-refractivity contribution in [3.8, 4) is 0 Å². The second-order valence-corrected chi connectivity index (χ2v) is 3.48. The van der Waals surface area contributed by atoms with Crippen molar-refractivity contribution in [2.24, 2.45) is 0 Å². The molecule has 2 rings (SSSR count). The molecule has 0 spiro atoms. The fourth-order valence-electron chi connectivity index (χ4n) is 1.57. The number of rotatable bonds is 1. The fraction of sp³-hybridized carbons (Fsp3) is 0.556. The van der Waals surface area contributed by atoms with Gasteiger partial charge in [-0.2, -0.15) is 0 Å². The average Bonchev–Trinajstić information content (AvgIpc) is 2.40. The molecule has 0 amide bonds. The highest BCUT2D eigenvalue weighted by molar-refractivity contribution is 5.24. The van der Waals surface area contributed by atoms with Gasteiger partial charge in [0.15, 0.2) is 0 Å².